The van der Waals surface area contributed by atoms with Gasteiger partial charge in [-0.15, -0.1) is 0 Å². The maximum Gasteiger partial charge on any atom is 0.104 e. The minimum absolute atomic E-state index is 0.332. The van der Waals surface area contributed by atoms with Crippen molar-refractivity contribution in [3.05, 3.63) is 35.9 Å². The highest BCUT2D eigenvalue weighted by molar-refractivity contribution is 5.14. The second kappa shape index (κ2) is 7.43. The van der Waals surface area contributed by atoms with Crippen molar-refractivity contribution < 1.29 is 5.11 Å². The van der Waals surface area contributed by atoms with E-state index in [1.165, 1.54) is 12.0 Å². The first-order valence-electron chi connectivity index (χ1n) is 5.78. The Kier molecular flexibility index (Phi) is 6.05. The first-order chi connectivity index (χ1) is 7.33. The molecule has 0 spiro atoms. The zero-order valence-electron chi connectivity index (χ0n) is 9.45. The molecule has 15 heavy (non-hydrogen) atoms. The summed E-state index contributed by atoms with van der Waals surface area (Å²) in [6, 6.07) is 10.5. The van der Waals surface area contributed by atoms with Gasteiger partial charge in [0.2, 0.25) is 0 Å². The largest absolute Gasteiger partial charge is 0.379 e. The van der Waals surface area contributed by atoms with Crippen molar-refractivity contribution in [1.82, 2.24) is 5.32 Å². The number of hydrogen-bond acceptors (Lipinski definition) is 2. The summed E-state index contributed by atoms with van der Waals surface area (Å²) in [4.78, 5) is 0. The van der Waals surface area contributed by atoms with E-state index >= 15 is 0 Å². The van der Waals surface area contributed by atoms with Crippen LogP contribution in [0.1, 0.15) is 31.7 Å². The lowest BCUT2D eigenvalue weighted by atomic mass is 10.1. The van der Waals surface area contributed by atoms with Gasteiger partial charge in [0.25, 0.3) is 0 Å². The summed E-state index contributed by atoms with van der Waals surface area (Å²) in [5.74, 6) is 0. The Labute approximate surface area is 92.3 Å². The Balaban J connectivity index is 2.03. The summed E-state index contributed by atoms with van der Waals surface area (Å²) in [7, 11) is 0. The fourth-order valence-electron chi connectivity index (χ4n) is 1.51. The van der Waals surface area contributed by atoms with E-state index in [-0.39, 0.29) is 6.23 Å². The molecule has 0 saturated carbocycles. The fraction of sp³-hybridized carbons (Fsp3) is 0.538. The van der Waals surface area contributed by atoms with Crippen LogP contribution < -0.4 is 5.32 Å². The lowest BCUT2D eigenvalue weighted by molar-refractivity contribution is 0.133. The number of aryl methyl sites for hydroxylation is 1. The predicted molar refractivity (Wildman–Crippen MR) is 63.7 cm³/mol. The summed E-state index contributed by atoms with van der Waals surface area (Å²) in [5.41, 5.74) is 1.40. The predicted octanol–water partition coefficient (Wildman–Crippen LogP) is 2.33. The SMILES string of the molecule is CCC(O)NCCCCc1ccccc1. The zero-order valence-corrected chi connectivity index (χ0v) is 9.45. The average Bonchev–Trinajstić information content (AvgIpc) is 2.29. The topological polar surface area (TPSA) is 32.3 Å². The second-order valence-electron chi connectivity index (χ2n) is 3.82. The Morgan fingerprint density at radius 3 is 2.60 bits per heavy atom. The van der Waals surface area contributed by atoms with Crippen molar-refractivity contribution in [1.29, 1.82) is 0 Å². The molecular formula is C13H21NO. The summed E-state index contributed by atoms with van der Waals surface area (Å²) < 4.78 is 0. The normalized spacial score (nSPS) is 12.7. The summed E-state index contributed by atoms with van der Waals surface area (Å²) in [6.07, 6.45) is 3.87. The molecule has 0 saturated heterocycles. The Hall–Kier alpha value is -0.860. The maximum atomic E-state index is 9.26. The number of aliphatic hydroxyl groups excluding tert-OH is 1. The highest BCUT2D eigenvalue weighted by atomic mass is 16.3. The smallest absolute Gasteiger partial charge is 0.104 e. The van der Waals surface area contributed by atoms with Crippen LogP contribution in [0.5, 0.6) is 0 Å². The van der Waals surface area contributed by atoms with E-state index in [2.05, 4.69) is 29.6 Å². The molecule has 0 aliphatic rings. The van der Waals surface area contributed by atoms with Crippen LogP contribution in [-0.4, -0.2) is 17.9 Å². The number of benzene rings is 1. The van der Waals surface area contributed by atoms with Gasteiger partial charge in [-0.1, -0.05) is 37.3 Å². The third-order valence-electron chi connectivity index (χ3n) is 2.50. The van der Waals surface area contributed by atoms with Gasteiger partial charge < -0.3 is 5.11 Å². The molecule has 0 bridgehead atoms. The fourth-order valence-corrected chi connectivity index (χ4v) is 1.51. The number of aliphatic hydroxyl groups is 1. The lowest BCUT2D eigenvalue weighted by Crippen LogP contribution is -2.28. The van der Waals surface area contributed by atoms with Crippen molar-refractivity contribution in [2.75, 3.05) is 6.54 Å². The Morgan fingerprint density at radius 1 is 1.20 bits per heavy atom. The minimum Gasteiger partial charge on any atom is -0.379 e. The molecule has 1 atom stereocenters. The van der Waals surface area contributed by atoms with Crippen molar-refractivity contribution >= 4 is 0 Å². The standard InChI is InChI=1S/C13H21NO/c1-2-13(15)14-11-7-6-10-12-8-4-3-5-9-12/h3-5,8-9,13-15H,2,6-7,10-11H2,1H3. The molecule has 0 aliphatic carbocycles. The van der Waals surface area contributed by atoms with E-state index in [9.17, 15) is 5.11 Å². The molecule has 2 N–H and O–H groups in total. The maximum absolute atomic E-state index is 9.26. The molecule has 0 aromatic heterocycles. The molecule has 0 heterocycles. The van der Waals surface area contributed by atoms with Gasteiger partial charge in [-0.25, -0.2) is 0 Å². The summed E-state index contributed by atoms with van der Waals surface area (Å²) >= 11 is 0. The van der Waals surface area contributed by atoms with E-state index in [0.717, 1.165) is 25.8 Å². The molecule has 0 fully saturated rings. The van der Waals surface area contributed by atoms with Gasteiger partial charge in [0.1, 0.15) is 6.23 Å². The van der Waals surface area contributed by atoms with Gasteiger partial charge in [0.15, 0.2) is 0 Å². The Bertz CT molecular complexity index is 248. The number of rotatable bonds is 7. The highest BCUT2D eigenvalue weighted by Crippen LogP contribution is 2.03. The third kappa shape index (κ3) is 5.55. The van der Waals surface area contributed by atoms with Crippen molar-refractivity contribution in [2.45, 2.75) is 38.8 Å². The van der Waals surface area contributed by atoms with Crippen LogP contribution in [0.25, 0.3) is 0 Å². The van der Waals surface area contributed by atoms with Crippen molar-refractivity contribution in [3.63, 3.8) is 0 Å². The summed E-state index contributed by atoms with van der Waals surface area (Å²) in [5, 5.41) is 12.3. The van der Waals surface area contributed by atoms with E-state index in [1.54, 1.807) is 0 Å². The second-order valence-corrected chi connectivity index (χ2v) is 3.82. The summed E-state index contributed by atoms with van der Waals surface area (Å²) in [6.45, 7) is 2.88. The van der Waals surface area contributed by atoms with Crippen LogP contribution in [0.15, 0.2) is 30.3 Å². The zero-order chi connectivity index (χ0) is 10.9. The van der Waals surface area contributed by atoms with E-state index < -0.39 is 0 Å². The van der Waals surface area contributed by atoms with Crippen LogP contribution in [0.2, 0.25) is 0 Å². The molecule has 0 radical (unpaired) electrons. The van der Waals surface area contributed by atoms with E-state index in [4.69, 9.17) is 0 Å². The quantitative estimate of drug-likeness (QED) is 0.531. The van der Waals surface area contributed by atoms with Crippen molar-refractivity contribution in [3.8, 4) is 0 Å². The van der Waals surface area contributed by atoms with Gasteiger partial charge >= 0.3 is 0 Å². The third-order valence-corrected chi connectivity index (χ3v) is 2.50. The molecule has 1 rings (SSSR count). The molecule has 2 heteroatoms. The van der Waals surface area contributed by atoms with Gasteiger partial charge in [-0.3, -0.25) is 5.32 Å². The van der Waals surface area contributed by atoms with Gasteiger partial charge in [-0.2, -0.15) is 0 Å². The highest BCUT2D eigenvalue weighted by Gasteiger charge is 1.97. The van der Waals surface area contributed by atoms with Gasteiger partial charge in [0, 0.05) is 0 Å². The van der Waals surface area contributed by atoms with E-state index in [0.29, 0.717) is 0 Å². The number of nitrogens with one attached hydrogen (secondary N) is 1. The van der Waals surface area contributed by atoms with Crippen LogP contribution in [0, 0.1) is 0 Å². The minimum atomic E-state index is -0.332. The first-order valence-corrected chi connectivity index (χ1v) is 5.78. The monoisotopic (exact) mass is 207 g/mol. The molecule has 0 aliphatic heterocycles. The van der Waals surface area contributed by atoms with Crippen LogP contribution in [0.4, 0.5) is 0 Å². The number of unbranched alkanes of at least 4 members (excludes halogenated alkanes) is 1. The number of hydrogen-bond donors (Lipinski definition) is 2. The van der Waals surface area contributed by atoms with Crippen LogP contribution >= 0.6 is 0 Å². The molecule has 1 aromatic carbocycles. The average molecular weight is 207 g/mol. The van der Waals surface area contributed by atoms with Crippen LogP contribution in [-0.2, 0) is 6.42 Å². The van der Waals surface area contributed by atoms with Crippen LogP contribution in [0.3, 0.4) is 0 Å². The molecule has 84 valence electrons. The first kappa shape index (κ1) is 12.2. The van der Waals surface area contributed by atoms with Gasteiger partial charge in [-0.05, 0) is 37.8 Å². The van der Waals surface area contributed by atoms with E-state index in [1.807, 2.05) is 13.0 Å². The molecule has 0 amide bonds. The molecule has 2 nitrogen and oxygen atoms in total. The van der Waals surface area contributed by atoms with Gasteiger partial charge in [0.05, 0.1) is 0 Å². The molecule has 1 aromatic rings. The molecular weight excluding hydrogens is 186 g/mol. The lowest BCUT2D eigenvalue weighted by Gasteiger charge is -2.09. The molecule has 1 unspecified atom stereocenters. The van der Waals surface area contributed by atoms with Crippen molar-refractivity contribution in [2.24, 2.45) is 0 Å². The Morgan fingerprint density at radius 2 is 1.93 bits per heavy atom.